The van der Waals surface area contributed by atoms with Gasteiger partial charge in [-0.05, 0) is 19.1 Å². The Kier molecular flexibility index (Phi) is 2.76. The van der Waals surface area contributed by atoms with Crippen molar-refractivity contribution in [3.8, 4) is 0 Å². The molecule has 0 fully saturated rings. The lowest BCUT2D eigenvalue weighted by Gasteiger charge is -2.08. The molecule has 2 rings (SSSR count). The van der Waals surface area contributed by atoms with Crippen LogP contribution in [-0.2, 0) is 0 Å². The second kappa shape index (κ2) is 4.21. The average Bonchev–Trinajstić information content (AvgIpc) is 2.30. The molecule has 2 aromatic rings. The normalized spacial score (nSPS) is 9.88. The molecule has 0 aliphatic carbocycles. The number of aromatic nitrogens is 1. The Morgan fingerprint density at radius 3 is 2.81 bits per heavy atom. The predicted molar refractivity (Wildman–Crippen MR) is 68.1 cm³/mol. The average molecular weight is 210 g/mol. The molecule has 1 heterocycles. The van der Waals surface area contributed by atoms with E-state index in [4.69, 9.17) is 0 Å². The molecule has 0 unspecified atom stereocenters. The van der Waals surface area contributed by atoms with Gasteiger partial charge in [0.25, 0.3) is 0 Å². The highest BCUT2D eigenvalue weighted by Crippen LogP contribution is 2.22. The molecule has 1 aromatic heterocycles. The van der Waals surface area contributed by atoms with E-state index in [1.54, 1.807) is 0 Å². The predicted octanol–water partition coefficient (Wildman–Crippen LogP) is 2.89. The number of pyridine rings is 1. The SMILES string of the molecule is C=C=C(NC)c1cccc2nc(C)ccc12. The minimum absolute atomic E-state index is 0.899. The van der Waals surface area contributed by atoms with E-state index in [1.807, 2.05) is 38.2 Å². The third-order valence-corrected chi connectivity index (χ3v) is 2.57. The van der Waals surface area contributed by atoms with Crippen LogP contribution in [0, 0.1) is 6.92 Å². The quantitative estimate of drug-likeness (QED) is 0.771. The first-order valence-electron chi connectivity index (χ1n) is 5.21. The van der Waals surface area contributed by atoms with Crippen molar-refractivity contribution in [2.45, 2.75) is 6.92 Å². The highest BCUT2D eigenvalue weighted by molar-refractivity contribution is 5.91. The van der Waals surface area contributed by atoms with Gasteiger partial charge in [-0.2, -0.15) is 0 Å². The van der Waals surface area contributed by atoms with E-state index >= 15 is 0 Å². The molecule has 0 radical (unpaired) electrons. The monoisotopic (exact) mass is 210 g/mol. The summed E-state index contributed by atoms with van der Waals surface area (Å²) in [6.07, 6.45) is 0. The van der Waals surface area contributed by atoms with Crippen molar-refractivity contribution in [1.29, 1.82) is 0 Å². The molecule has 0 amide bonds. The van der Waals surface area contributed by atoms with Crippen molar-refractivity contribution >= 4 is 16.6 Å². The maximum Gasteiger partial charge on any atom is 0.0845 e. The molecule has 0 aliphatic rings. The fraction of sp³-hybridized carbons (Fsp3) is 0.143. The van der Waals surface area contributed by atoms with Crippen LogP contribution in [0.5, 0.6) is 0 Å². The van der Waals surface area contributed by atoms with E-state index in [1.165, 1.54) is 0 Å². The molecule has 0 saturated heterocycles. The lowest BCUT2D eigenvalue weighted by atomic mass is 10.1. The Morgan fingerprint density at radius 2 is 2.12 bits per heavy atom. The fourth-order valence-corrected chi connectivity index (χ4v) is 1.79. The number of rotatable bonds is 2. The van der Waals surface area contributed by atoms with Gasteiger partial charge in [0.15, 0.2) is 0 Å². The van der Waals surface area contributed by atoms with Crippen molar-refractivity contribution in [1.82, 2.24) is 10.3 Å². The molecular formula is C14H14N2. The van der Waals surface area contributed by atoms with E-state index in [0.29, 0.717) is 0 Å². The van der Waals surface area contributed by atoms with Crippen LogP contribution in [0.4, 0.5) is 0 Å². The third kappa shape index (κ3) is 1.71. The van der Waals surface area contributed by atoms with Crippen molar-refractivity contribution in [2.75, 3.05) is 7.05 Å². The summed E-state index contributed by atoms with van der Waals surface area (Å²) in [6.45, 7) is 5.68. The number of nitrogens with one attached hydrogen (secondary N) is 1. The highest BCUT2D eigenvalue weighted by atomic mass is 14.8. The van der Waals surface area contributed by atoms with Gasteiger partial charge in [-0.25, -0.2) is 0 Å². The van der Waals surface area contributed by atoms with Crippen LogP contribution in [0.15, 0.2) is 42.6 Å². The van der Waals surface area contributed by atoms with Crippen LogP contribution in [0.25, 0.3) is 16.6 Å². The molecule has 1 N–H and O–H groups in total. The number of hydrogen-bond acceptors (Lipinski definition) is 2. The van der Waals surface area contributed by atoms with E-state index < -0.39 is 0 Å². The summed E-state index contributed by atoms with van der Waals surface area (Å²) >= 11 is 0. The fourth-order valence-electron chi connectivity index (χ4n) is 1.79. The Hall–Kier alpha value is -2.05. The summed E-state index contributed by atoms with van der Waals surface area (Å²) in [5.74, 6) is 0. The van der Waals surface area contributed by atoms with Gasteiger partial charge in [0, 0.05) is 23.7 Å². The molecule has 16 heavy (non-hydrogen) atoms. The summed E-state index contributed by atoms with van der Waals surface area (Å²) < 4.78 is 0. The van der Waals surface area contributed by atoms with Gasteiger partial charge < -0.3 is 5.32 Å². The maximum absolute atomic E-state index is 4.50. The van der Waals surface area contributed by atoms with Gasteiger partial charge in [0.2, 0.25) is 0 Å². The van der Waals surface area contributed by atoms with Gasteiger partial charge in [-0.15, -0.1) is 5.73 Å². The lowest BCUT2D eigenvalue weighted by Crippen LogP contribution is -2.04. The summed E-state index contributed by atoms with van der Waals surface area (Å²) in [7, 11) is 1.87. The first-order valence-corrected chi connectivity index (χ1v) is 5.21. The Morgan fingerprint density at radius 1 is 1.31 bits per heavy atom. The third-order valence-electron chi connectivity index (χ3n) is 2.57. The van der Waals surface area contributed by atoms with E-state index in [9.17, 15) is 0 Å². The smallest absolute Gasteiger partial charge is 0.0845 e. The summed E-state index contributed by atoms with van der Waals surface area (Å²) in [5.41, 5.74) is 6.91. The molecular weight excluding hydrogens is 196 g/mol. The number of nitrogens with zero attached hydrogens (tertiary/aromatic N) is 1. The van der Waals surface area contributed by atoms with Gasteiger partial charge in [0.05, 0.1) is 11.2 Å². The largest absolute Gasteiger partial charge is 0.381 e. The summed E-state index contributed by atoms with van der Waals surface area (Å²) in [5, 5.41) is 4.21. The van der Waals surface area contributed by atoms with Gasteiger partial charge in [0.1, 0.15) is 0 Å². The van der Waals surface area contributed by atoms with Gasteiger partial charge in [-0.3, -0.25) is 4.98 Å². The zero-order valence-corrected chi connectivity index (χ0v) is 9.54. The minimum atomic E-state index is 0.899. The minimum Gasteiger partial charge on any atom is -0.381 e. The Bertz CT molecular complexity index is 578. The number of aryl methyl sites for hydroxylation is 1. The van der Waals surface area contributed by atoms with Crippen LogP contribution in [0.2, 0.25) is 0 Å². The molecule has 0 spiro atoms. The molecule has 2 nitrogen and oxygen atoms in total. The number of fused-ring (bicyclic) bond motifs is 1. The van der Waals surface area contributed by atoms with Crippen molar-refractivity contribution in [3.05, 3.63) is 53.9 Å². The van der Waals surface area contributed by atoms with Gasteiger partial charge >= 0.3 is 0 Å². The number of hydrogen-bond donors (Lipinski definition) is 1. The Labute approximate surface area is 95.3 Å². The van der Waals surface area contributed by atoms with E-state index in [-0.39, 0.29) is 0 Å². The van der Waals surface area contributed by atoms with Crippen LogP contribution < -0.4 is 5.32 Å². The highest BCUT2D eigenvalue weighted by Gasteiger charge is 2.04. The maximum atomic E-state index is 4.50. The molecule has 0 aliphatic heterocycles. The first kappa shape index (κ1) is 10.5. The zero-order chi connectivity index (χ0) is 11.5. The standard InChI is InChI=1S/C14H14N2/c1-4-13(15-3)11-6-5-7-14-12(11)9-8-10(2)16-14/h5-9,15H,1H2,2-3H3. The molecule has 0 bridgehead atoms. The molecule has 0 saturated carbocycles. The molecule has 0 atom stereocenters. The Balaban J connectivity index is 2.76. The van der Waals surface area contributed by atoms with Crippen LogP contribution in [0.1, 0.15) is 11.3 Å². The van der Waals surface area contributed by atoms with Crippen molar-refractivity contribution in [3.63, 3.8) is 0 Å². The van der Waals surface area contributed by atoms with E-state index in [2.05, 4.69) is 28.7 Å². The number of benzene rings is 1. The van der Waals surface area contributed by atoms with Gasteiger partial charge in [-0.1, -0.05) is 24.8 Å². The summed E-state index contributed by atoms with van der Waals surface area (Å²) in [6, 6.07) is 10.2. The second-order valence-electron chi connectivity index (χ2n) is 3.63. The van der Waals surface area contributed by atoms with Crippen LogP contribution in [0.3, 0.4) is 0 Å². The molecule has 80 valence electrons. The van der Waals surface area contributed by atoms with Crippen LogP contribution in [-0.4, -0.2) is 12.0 Å². The molecule has 1 aromatic carbocycles. The van der Waals surface area contributed by atoms with Crippen molar-refractivity contribution in [2.24, 2.45) is 0 Å². The first-order chi connectivity index (χ1) is 7.76. The lowest BCUT2D eigenvalue weighted by molar-refractivity contribution is 1.13. The second-order valence-corrected chi connectivity index (χ2v) is 3.63. The van der Waals surface area contributed by atoms with Crippen molar-refractivity contribution < 1.29 is 0 Å². The molecule has 2 heteroatoms. The topological polar surface area (TPSA) is 24.9 Å². The zero-order valence-electron chi connectivity index (χ0n) is 9.54. The summed E-state index contributed by atoms with van der Waals surface area (Å²) in [4.78, 5) is 4.50. The van der Waals surface area contributed by atoms with Crippen LogP contribution >= 0.6 is 0 Å². The van der Waals surface area contributed by atoms with E-state index in [0.717, 1.165) is 27.9 Å².